The minimum Gasteiger partial charge on any atom is -0.469 e. The van der Waals surface area contributed by atoms with Crippen LogP contribution >= 0.6 is 0 Å². The summed E-state index contributed by atoms with van der Waals surface area (Å²) in [5, 5.41) is 11.0. The van der Waals surface area contributed by atoms with E-state index in [-0.39, 0.29) is 12.0 Å². The Kier molecular flexibility index (Phi) is 4.60. The highest BCUT2D eigenvalue weighted by molar-refractivity contribution is 5.88. The number of nitrogens with zero attached hydrogens (tertiary/aromatic N) is 4. The van der Waals surface area contributed by atoms with Gasteiger partial charge in [-0.25, -0.2) is 19.3 Å². The molecular weight excluding hydrogens is 387 g/mol. The highest BCUT2D eigenvalue weighted by Crippen LogP contribution is 2.50. The van der Waals surface area contributed by atoms with Crippen molar-refractivity contribution in [3.05, 3.63) is 30.3 Å². The number of methoxy groups -OCH3 is 1. The predicted octanol–water partition coefficient (Wildman–Crippen LogP) is 3.48. The zero-order valence-electron chi connectivity index (χ0n) is 16.7. The van der Waals surface area contributed by atoms with Crippen molar-refractivity contribution in [3.8, 4) is 11.5 Å². The van der Waals surface area contributed by atoms with Gasteiger partial charge in [0, 0.05) is 12.2 Å². The monoisotopic (exact) mass is 410 g/mol. The fourth-order valence-corrected chi connectivity index (χ4v) is 5.28. The van der Waals surface area contributed by atoms with E-state index >= 15 is 0 Å². The fourth-order valence-electron chi connectivity index (χ4n) is 5.28. The number of anilines is 1. The SMILES string of the molecule is COC(=O)C12CCCC(CCC1)C2Nc1ccnc(-c2[nH]nc3ncc(F)cc23)n1. The van der Waals surface area contributed by atoms with Gasteiger partial charge in [0.25, 0.3) is 0 Å². The molecule has 2 bridgehead atoms. The second-order valence-electron chi connectivity index (χ2n) is 8.20. The van der Waals surface area contributed by atoms with E-state index < -0.39 is 11.2 Å². The number of halogens is 1. The Morgan fingerprint density at radius 2 is 2.10 bits per heavy atom. The van der Waals surface area contributed by atoms with Gasteiger partial charge < -0.3 is 10.1 Å². The van der Waals surface area contributed by atoms with Gasteiger partial charge in [-0.05, 0) is 43.7 Å². The van der Waals surface area contributed by atoms with E-state index in [1.807, 2.05) is 0 Å². The molecule has 156 valence electrons. The Bertz CT molecular complexity index is 1090. The summed E-state index contributed by atoms with van der Waals surface area (Å²) in [4.78, 5) is 25.7. The minimum atomic E-state index is -0.519. The number of aromatic amines is 1. The van der Waals surface area contributed by atoms with Crippen LogP contribution in [0.1, 0.15) is 38.5 Å². The van der Waals surface area contributed by atoms with Gasteiger partial charge in [0.2, 0.25) is 0 Å². The molecule has 9 heteroatoms. The number of ether oxygens (including phenoxy) is 1. The summed E-state index contributed by atoms with van der Waals surface area (Å²) in [6, 6.07) is 3.12. The topological polar surface area (TPSA) is 106 Å². The van der Waals surface area contributed by atoms with Gasteiger partial charge in [-0.2, -0.15) is 5.10 Å². The van der Waals surface area contributed by atoms with Gasteiger partial charge in [-0.15, -0.1) is 0 Å². The molecule has 2 N–H and O–H groups in total. The molecule has 0 saturated heterocycles. The van der Waals surface area contributed by atoms with Crippen molar-refractivity contribution in [2.24, 2.45) is 11.3 Å². The number of carbonyl (C=O) groups is 1. The quantitative estimate of drug-likeness (QED) is 0.634. The zero-order valence-corrected chi connectivity index (χ0v) is 16.7. The molecule has 0 aromatic carbocycles. The van der Waals surface area contributed by atoms with Crippen molar-refractivity contribution in [1.29, 1.82) is 0 Å². The fraction of sp³-hybridized carbons (Fsp3) is 0.476. The Labute approximate surface area is 172 Å². The van der Waals surface area contributed by atoms with Crippen LogP contribution in [0.2, 0.25) is 0 Å². The zero-order chi connectivity index (χ0) is 20.7. The molecule has 5 rings (SSSR count). The Hall–Kier alpha value is -3.10. The minimum absolute atomic E-state index is 0.0344. The maximum absolute atomic E-state index is 13.7. The van der Waals surface area contributed by atoms with E-state index in [0.717, 1.165) is 44.7 Å². The molecule has 8 nitrogen and oxygen atoms in total. The number of pyridine rings is 1. The third kappa shape index (κ3) is 3.00. The molecule has 0 aliphatic heterocycles. The Morgan fingerprint density at radius 3 is 2.87 bits per heavy atom. The van der Waals surface area contributed by atoms with Gasteiger partial charge in [-0.3, -0.25) is 9.89 Å². The molecule has 2 saturated carbocycles. The van der Waals surface area contributed by atoms with Crippen molar-refractivity contribution in [2.75, 3.05) is 12.4 Å². The molecule has 1 unspecified atom stereocenters. The van der Waals surface area contributed by atoms with Crippen LogP contribution < -0.4 is 5.32 Å². The summed E-state index contributed by atoms with van der Waals surface area (Å²) in [5.41, 5.74) is 0.390. The van der Waals surface area contributed by atoms with Crippen LogP contribution in [0.25, 0.3) is 22.6 Å². The smallest absolute Gasteiger partial charge is 0.313 e. The first-order valence-corrected chi connectivity index (χ1v) is 10.3. The molecule has 3 aromatic rings. The number of carbonyl (C=O) groups excluding carboxylic acids is 1. The van der Waals surface area contributed by atoms with Gasteiger partial charge >= 0.3 is 5.97 Å². The van der Waals surface area contributed by atoms with Crippen LogP contribution in [-0.4, -0.2) is 44.3 Å². The van der Waals surface area contributed by atoms with Crippen LogP contribution in [0.15, 0.2) is 24.5 Å². The van der Waals surface area contributed by atoms with Crippen LogP contribution in [0, 0.1) is 17.2 Å². The number of esters is 1. The van der Waals surface area contributed by atoms with E-state index in [9.17, 15) is 9.18 Å². The summed E-state index contributed by atoms with van der Waals surface area (Å²) in [7, 11) is 1.46. The lowest BCUT2D eigenvalue weighted by molar-refractivity contribution is -0.159. The van der Waals surface area contributed by atoms with E-state index in [0.29, 0.717) is 34.3 Å². The molecule has 1 atom stereocenters. The second-order valence-corrected chi connectivity index (χ2v) is 8.20. The number of aromatic nitrogens is 5. The first-order valence-electron chi connectivity index (χ1n) is 10.3. The number of H-pyrrole nitrogens is 1. The van der Waals surface area contributed by atoms with Crippen LogP contribution in [-0.2, 0) is 9.53 Å². The third-order valence-corrected chi connectivity index (χ3v) is 6.61. The average molecular weight is 410 g/mol. The maximum Gasteiger partial charge on any atom is 0.313 e. The summed E-state index contributed by atoms with van der Waals surface area (Å²) >= 11 is 0. The molecule has 3 heterocycles. The van der Waals surface area contributed by atoms with Crippen molar-refractivity contribution in [3.63, 3.8) is 0 Å². The van der Waals surface area contributed by atoms with E-state index in [4.69, 9.17) is 4.74 Å². The van der Waals surface area contributed by atoms with Gasteiger partial charge in [0.1, 0.15) is 17.3 Å². The molecule has 30 heavy (non-hydrogen) atoms. The summed E-state index contributed by atoms with van der Waals surface area (Å²) in [6.07, 6.45) is 8.66. The summed E-state index contributed by atoms with van der Waals surface area (Å²) in [5.74, 6) is 0.827. The lowest BCUT2D eigenvalue weighted by Gasteiger charge is -2.50. The first kappa shape index (κ1) is 18.9. The van der Waals surface area contributed by atoms with E-state index in [1.54, 1.807) is 12.3 Å². The summed E-state index contributed by atoms with van der Waals surface area (Å²) in [6.45, 7) is 0. The molecule has 0 radical (unpaired) electrons. The third-order valence-electron chi connectivity index (χ3n) is 6.61. The molecule has 3 aromatic heterocycles. The van der Waals surface area contributed by atoms with E-state index in [2.05, 4.69) is 30.5 Å². The van der Waals surface area contributed by atoms with Crippen LogP contribution in [0.3, 0.4) is 0 Å². The largest absolute Gasteiger partial charge is 0.469 e. The van der Waals surface area contributed by atoms with Crippen LogP contribution in [0.5, 0.6) is 0 Å². The molecule has 2 fully saturated rings. The maximum atomic E-state index is 13.7. The normalized spacial score (nSPS) is 25.8. The second kappa shape index (κ2) is 7.30. The molecule has 0 spiro atoms. The lowest BCUT2D eigenvalue weighted by atomic mass is 9.58. The Morgan fingerprint density at radius 1 is 1.30 bits per heavy atom. The number of hydrogen-bond acceptors (Lipinski definition) is 7. The van der Waals surface area contributed by atoms with Crippen molar-refractivity contribution in [1.82, 2.24) is 25.1 Å². The van der Waals surface area contributed by atoms with Crippen LogP contribution in [0.4, 0.5) is 10.2 Å². The van der Waals surface area contributed by atoms with Crippen molar-refractivity contribution in [2.45, 2.75) is 44.6 Å². The Balaban J connectivity index is 1.49. The average Bonchev–Trinajstić information content (AvgIpc) is 3.16. The number of nitrogens with one attached hydrogen (secondary N) is 2. The molecule has 2 aliphatic rings. The molecular formula is C21H23FN6O2. The molecule has 2 aliphatic carbocycles. The highest BCUT2D eigenvalue weighted by atomic mass is 19.1. The molecule has 0 amide bonds. The first-order chi connectivity index (χ1) is 14.6. The summed E-state index contributed by atoms with van der Waals surface area (Å²) < 4.78 is 18.9. The van der Waals surface area contributed by atoms with Gasteiger partial charge in [0.15, 0.2) is 11.5 Å². The van der Waals surface area contributed by atoms with Crippen molar-refractivity contribution >= 4 is 22.8 Å². The number of fused-ring (bicyclic) bond motifs is 3. The lowest BCUT2D eigenvalue weighted by Crippen LogP contribution is -2.55. The number of hydrogen-bond donors (Lipinski definition) is 2. The highest BCUT2D eigenvalue weighted by Gasteiger charge is 2.53. The van der Waals surface area contributed by atoms with Gasteiger partial charge in [0.05, 0.1) is 24.1 Å². The van der Waals surface area contributed by atoms with E-state index in [1.165, 1.54) is 13.2 Å². The van der Waals surface area contributed by atoms with Crippen molar-refractivity contribution < 1.29 is 13.9 Å². The predicted molar refractivity (Wildman–Crippen MR) is 108 cm³/mol. The standard InChI is InChI=1S/C21H23FN6O2/c1-30-20(29)21-7-2-4-12(5-3-8-21)17(21)25-15-6-9-23-19(26-15)16-14-10-13(22)11-24-18(14)28-27-16/h6,9-12,17H,2-5,7-8H2,1H3,(H,23,25,26)(H,24,27,28). The van der Waals surface area contributed by atoms with Gasteiger partial charge in [-0.1, -0.05) is 12.8 Å². The number of rotatable bonds is 4.